The van der Waals surface area contributed by atoms with E-state index >= 15 is 0 Å². The molecule has 7 nitrogen and oxygen atoms in total. The number of piperazine rings is 1. The Morgan fingerprint density at radius 2 is 1.95 bits per heavy atom. The molecule has 2 saturated heterocycles. The molecule has 0 unspecified atom stereocenters. The molecule has 0 aliphatic carbocycles. The number of aryl methyl sites for hydroxylation is 1. The zero-order valence-electron chi connectivity index (χ0n) is 13.0. The monoisotopic (exact) mass is 326 g/mol. The van der Waals surface area contributed by atoms with Gasteiger partial charge in [0.25, 0.3) is 0 Å². The smallest absolute Gasteiger partial charge is 0.211 e. The molecule has 0 radical (unpaired) electrons. The molecule has 3 rings (SSSR count). The van der Waals surface area contributed by atoms with E-state index in [1.165, 1.54) is 10.6 Å². The number of anilines is 1. The lowest BCUT2D eigenvalue weighted by Crippen LogP contribution is -2.48. The Kier molecular flexibility index (Phi) is 4.33. The summed E-state index contributed by atoms with van der Waals surface area (Å²) < 4.78 is 30.1. The second-order valence-electron chi connectivity index (χ2n) is 5.91. The number of sulfonamides is 1. The normalized spacial score (nSPS) is 23.9. The van der Waals surface area contributed by atoms with Crippen LogP contribution in [-0.2, 0) is 14.8 Å². The summed E-state index contributed by atoms with van der Waals surface area (Å²) in [6.45, 7) is 5.73. The molecule has 0 spiro atoms. The Balaban J connectivity index is 1.75. The van der Waals surface area contributed by atoms with E-state index in [9.17, 15) is 8.42 Å². The van der Waals surface area contributed by atoms with E-state index < -0.39 is 10.0 Å². The zero-order chi connectivity index (χ0) is 15.7. The lowest BCUT2D eigenvalue weighted by Gasteiger charge is -2.34. The van der Waals surface area contributed by atoms with Gasteiger partial charge in [-0.1, -0.05) is 0 Å². The summed E-state index contributed by atoms with van der Waals surface area (Å²) >= 11 is 0. The van der Waals surface area contributed by atoms with Crippen LogP contribution in [0.4, 0.5) is 5.82 Å². The number of hydrogen-bond acceptors (Lipinski definition) is 6. The van der Waals surface area contributed by atoms with Crippen LogP contribution in [0.5, 0.6) is 0 Å². The van der Waals surface area contributed by atoms with Gasteiger partial charge in [-0.2, -0.15) is 4.31 Å². The third kappa shape index (κ3) is 3.39. The number of hydrogen-bond donors (Lipinski definition) is 0. The minimum Gasteiger partial charge on any atom is -0.381 e. The molecule has 122 valence electrons. The van der Waals surface area contributed by atoms with Gasteiger partial charge in [-0.05, 0) is 13.3 Å². The van der Waals surface area contributed by atoms with E-state index in [4.69, 9.17) is 4.74 Å². The summed E-state index contributed by atoms with van der Waals surface area (Å²) in [7, 11) is -3.10. The van der Waals surface area contributed by atoms with E-state index in [0.29, 0.717) is 32.1 Å². The number of rotatable bonds is 3. The summed E-state index contributed by atoms with van der Waals surface area (Å²) in [6, 6.07) is 2.03. The van der Waals surface area contributed by atoms with Crippen LogP contribution >= 0.6 is 0 Å². The molecule has 3 heterocycles. The molecule has 22 heavy (non-hydrogen) atoms. The van der Waals surface area contributed by atoms with Crippen molar-refractivity contribution in [1.29, 1.82) is 0 Å². The highest BCUT2D eigenvalue weighted by Crippen LogP contribution is 2.26. The van der Waals surface area contributed by atoms with Gasteiger partial charge in [0.1, 0.15) is 11.6 Å². The molecule has 0 amide bonds. The molecular weight excluding hydrogens is 304 g/mol. The van der Waals surface area contributed by atoms with Gasteiger partial charge in [-0.15, -0.1) is 0 Å². The van der Waals surface area contributed by atoms with Gasteiger partial charge in [0, 0.05) is 44.8 Å². The third-order valence-corrected chi connectivity index (χ3v) is 5.53. The van der Waals surface area contributed by atoms with E-state index in [1.807, 2.05) is 13.0 Å². The largest absolute Gasteiger partial charge is 0.381 e. The molecule has 8 heteroatoms. The average Bonchev–Trinajstić information content (AvgIpc) is 3.00. The molecule has 0 N–H and O–H groups in total. The van der Waals surface area contributed by atoms with Crippen LogP contribution in [0, 0.1) is 6.92 Å². The van der Waals surface area contributed by atoms with Crippen molar-refractivity contribution in [2.45, 2.75) is 19.3 Å². The van der Waals surface area contributed by atoms with Gasteiger partial charge in [0.05, 0.1) is 18.6 Å². The molecule has 2 fully saturated rings. The van der Waals surface area contributed by atoms with Gasteiger partial charge >= 0.3 is 0 Å². The first-order valence-corrected chi connectivity index (χ1v) is 9.42. The van der Waals surface area contributed by atoms with Crippen molar-refractivity contribution < 1.29 is 13.2 Å². The SMILES string of the molecule is Cc1nc([C@@H]2CCOC2)cc(N2CCN(S(C)(=O)=O)CC2)n1. The van der Waals surface area contributed by atoms with E-state index in [1.54, 1.807) is 0 Å². The predicted molar refractivity (Wildman–Crippen MR) is 83.6 cm³/mol. The summed E-state index contributed by atoms with van der Waals surface area (Å²) in [5.74, 6) is 1.99. The fraction of sp³-hybridized carbons (Fsp3) is 0.714. The van der Waals surface area contributed by atoms with Gasteiger partial charge in [-0.3, -0.25) is 0 Å². The van der Waals surface area contributed by atoms with Crippen molar-refractivity contribution in [3.63, 3.8) is 0 Å². The highest BCUT2D eigenvalue weighted by atomic mass is 32.2. The van der Waals surface area contributed by atoms with Crippen LogP contribution < -0.4 is 4.90 Å². The van der Waals surface area contributed by atoms with Gasteiger partial charge < -0.3 is 9.64 Å². The molecule has 2 aliphatic heterocycles. The molecule has 1 aromatic heterocycles. The van der Waals surface area contributed by atoms with Crippen LogP contribution in [0.2, 0.25) is 0 Å². The third-order valence-electron chi connectivity index (χ3n) is 4.22. The Morgan fingerprint density at radius 1 is 1.23 bits per heavy atom. The van der Waals surface area contributed by atoms with E-state index in [0.717, 1.165) is 37.0 Å². The van der Waals surface area contributed by atoms with Crippen LogP contribution in [-0.4, -0.2) is 68.3 Å². The fourth-order valence-electron chi connectivity index (χ4n) is 2.96. The van der Waals surface area contributed by atoms with Crippen molar-refractivity contribution in [3.05, 3.63) is 17.6 Å². The van der Waals surface area contributed by atoms with Crippen molar-refractivity contribution >= 4 is 15.8 Å². The summed E-state index contributed by atoms with van der Waals surface area (Å²) in [4.78, 5) is 11.2. The Bertz CT molecular complexity index is 635. The van der Waals surface area contributed by atoms with E-state index in [2.05, 4.69) is 14.9 Å². The lowest BCUT2D eigenvalue weighted by atomic mass is 10.0. The maximum Gasteiger partial charge on any atom is 0.211 e. The summed E-state index contributed by atoms with van der Waals surface area (Å²) in [5, 5.41) is 0. The molecule has 2 aliphatic rings. The highest BCUT2D eigenvalue weighted by Gasteiger charge is 2.26. The number of ether oxygens (including phenoxy) is 1. The second kappa shape index (κ2) is 6.10. The zero-order valence-corrected chi connectivity index (χ0v) is 13.8. The quantitative estimate of drug-likeness (QED) is 0.799. The first kappa shape index (κ1) is 15.6. The number of aromatic nitrogens is 2. The average molecular weight is 326 g/mol. The Hall–Kier alpha value is -1.25. The van der Waals surface area contributed by atoms with Gasteiger partial charge in [0.15, 0.2) is 0 Å². The minimum absolute atomic E-state index is 0.345. The Morgan fingerprint density at radius 3 is 2.55 bits per heavy atom. The molecule has 0 bridgehead atoms. The summed E-state index contributed by atoms with van der Waals surface area (Å²) in [6.07, 6.45) is 2.26. The number of nitrogens with zero attached hydrogens (tertiary/aromatic N) is 4. The molecule has 1 aromatic rings. The topological polar surface area (TPSA) is 75.6 Å². The van der Waals surface area contributed by atoms with Gasteiger partial charge in [-0.25, -0.2) is 18.4 Å². The van der Waals surface area contributed by atoms with E-state index in [-0.39, 0.29) is 0 Å². The first-order chi connectivity index (χ1) is 10.4. The van der Waals surface area contributed by atoms with Crippen LogP contribution in [0.3, 0.4) is 0 Å². The Labute approximate surface area is 131 Å². The fourth-order valence-corrected chi connectivity index (χ4v) is 3.79. The lowest BCUT2D eigenvalue weighted by molar-refractivity contribution is 0.193. The van der Waals surface area contributed by atoms with Crippen molar-refractivity contribution in [2.24, 2.45) is 0 Å². The van der Waals surface area contributed by atoms with Crippen molar-refractivity contribution in [1.82, 2.24) is 14.3 Å². The van der Waals surface area contributed by atoms with Crippen LogP contribution in [0.25, 0.3) is 0 Å². The molecule has 0 aromatic carbocycles. The predicted octanol–water partition coefficient (Wildman–Crippen LogP) is 0.371. The van der Waals surface area contributed by atoms with Crippen LogP contribution in [0.1, 0.15) is 23.9 Å². The van der Waals surface area contributed by atoms with Crippen molar-refractivity contribution in [3.8, 4) is 0 Å². The standard InChI is InChI=1S/C14H22N4O3S/c1-11-15-13(12-3-8-21-10-12)9-14(16-11)17-4-6-18(7-5-17)22(2,19)20/h9,12H,3-8,10H2,1-2H3/t12-/m1/s1. The first-order valence-electron chi connectivity index (χ1n) is 7.57. The van der Waals surface area contributed by atoms with Gasteiger partial charge in [0.2, 0.25) is 10.0 Å². The highest BCUT2D eigenvalue weighted by molar-refractivity contribution is 7.88. The van der Waals surface area contributed by atoms with Crippen molar-refractivity contribution in [2.75, 3.05) is 50.5 Å². The minimum atomic E-state index is -3.10. The molecule has 1 atom stereocenters. The van der Waals surface area contributed by atoms with Crippen LogP contribution in [0.15, 0.2) is 6.07 Å². The molecule has 0 saturated carbocycles. The maximum atomic E-state index is 11.6. The maximum absolute atomic E-state index is 11.6. The molecular formula is C14H22N4O3S. The second-order valence-corrected chi connectivity index (χ2v) is 7.89. The summed E-state index contributed by atoms with van der Waals surface area (Å²) in [5.41, 5.74) is 1.03.